The van der Waals surface area contributed by atoms with E-state index in [1.165, 1.54) is 32.2 Å². The third-order valence-corrected chi connectivity index (χ3v) is 6.15. The number of hydrogen-bond donors (Lipinski definition) is 1. The van der Waals surface area contributed by atoms with E-state index in [2.05, 4.69) is 10.3 Å². The van der Waals surface area contributed by atoms with E-state index in [-0.39, 0.29) is 22.2 Å². The summed E-state index contributed by atoms with van der Waals surface area (Å²) in [5.74, 6) is -0.762. The zero-order chi connectivity index (χ0) is 21.5. The van der Waals surface area contributed by atoms with Crippen LogP contribution in [-0.4, -0.2) is 48.1 Å². The van der Waals surface area contributed by atoms with Crippen LogP contribution in [-0.2, 0) is 20.3 Å². The number of nitro benzene ring substituents is 1. The van der Waals surface area contributed by atoms with Gasteiger partial charge in [0.2, 0.25) is 16.0 Å². The molecule has 1 aromatic rings. The van der Waals surface area contributed by atoms with Crippen molar-refractivity contribution in [3.63, 3.8) is 0 Å². The van der Waals surface area contributed by atoms with Gasteiger partial charge in [0, 0.05) is 29.8 Å². The van der Waals surface area contributed by atoms with Gasteiger partial charge in [0.05, 0.1) is 10.7 Å². The first-order chi connectivity index (χ1) is 12.6. The largest absolute Gasteiger partial charge is 0.444 e. The van der Waals surface area contributed by atoms with Gasteiger partial charge in [0.1, 0.15) is 11.1 Å². The highest BCUT2D eigenvalue weighted by Crippen LogP contribution is 2.37. The molecule has 0 spiro atoms. The molecule has 0 fully saturated rings. The first-order valence-corrected chi connectivity index (χ1v) is 10.1. The summed E-state index contributed by atoms with van der Waals surface area (Å²) in [6, 6.07) is 3.70. The minimum absolute atomic E-state index is 0.119. The van der Waals surface area contributed by atoms with Crippen LogP contribution in [0.15, 0.2) is 23.2 Å². The quantitative estimate of drug-likeness (QED) is 0.564. The lowest BCUT2D eigenvalue weighted by molar-refractivity contribution is -0.385. The lowest BCUT2D eigenvalue weighted by atomic mass is 9.94. The number of guanidine groups is 1. The van der Waals surface area contributed by atoms with E-state index >= 15 is 0 Å². The highest BCUT2D eigenvalue weighted by atomic mass is 35.5. The van der Waals surface area contributed by atoms with E-state index in [9.17, 15) is 23.3 Å². The van der Waals surface area contributed by atoms with E-state index in [0.29, 0.717) is 0 Å². The number of amides is 1. The summed E-state index contributed by atoms with van der Waals surface area (Å²) >= 11 is 6.18. The number of non-ortho nitro benzene ring substituents is 1. The standard InChI is InChI=1S/C16H21ClN4O6S/c1-15(2,3)27-14(22)18-13-19-16(4,9-28(25,26)20(13)5)11-8-10(21(23)24)6-7-12(11)17/h6-8H,9H2,1-5H3,(H,18,19,22)/t16-/m0/s1. The normalized spacial score (nSPS) is 21.6. The van der Waals surface area contributed by atoms with Gasteiger partial charge in [-0.25, -0.2) is 22.5 Å². The predicted molar refractivity (Wildman–Crippen MR) is 104 cm³/mol. The summed E-state index contributed by atoms with van der Waals surface area (Å²) in [6.45, 7) is 6.44. The van der Waals surface area contributed by atoms with Crippen LogP contribution in [0.1, 0.15) is 33.3 Å². The van der Waals surface area contributed by atoms with Crippen LogP contribution in [0.2, 0.25) is 5.02 Å². The first kappa shape index (κ1) is 21.9. The molecule has 1 aliphatic rings. The predicted octanol–water partition coefficient (Wildman–Crippen LogP) is 2.62. The lowest BCUT2D eigenvalue weighted by Crippen LogP contribution is -2.54. The first-order valence-electron chi connectivity index (χ1n) is 8.15. The number of alkyl carbamates (subject to hydrolysis) is 1. The molecule has 1 aromatic carbocycles. The van der Waals surface area contributed by atoms with Gasteiger partial charge in [0.25, 0.3) is 5.69 Å². The second-order valence-corrected chi connectivity index (χ2v) is 9.89. The number of nitrogens with one attached hydrogen (secondary N) is 1. The highest BCUT2D eigenvalue weighted by Gasteiger charge is 2.43. The Morgan fingerprint density at radius 1 is 1.43 bits per heavy atom. The number of aliphatic imine (C=N–C) groups is 1. The molecule has 0 bridgehead atoms. The molecule has 154 valence electrons. The van der Waals surface area contributed by atoms with Crippen LogP contribution in [0.4, 0.5) is 10.5 Å². The van der Waals surface area contributed by atoms with Crippen LogP contribution in [0.3, 0.4) is 0 Å². The maximum atomic E-state index is 12.7. The fourth-order valence-corrected chi connectivity index (χ4v) is 4.39. The van der Waals surface area contributed by atoms with Crippen LogP contribution in [0.25, 0.3) is 0 Å². The van der Waals surface area contributed by atoms with Crippen molar-refractivity contribution in [2.75, 3.05) is 12.8 Å². The maximum Gasteiger partial charge on any atom is 0.414 e. The van der Waals surface area contributed by atoms with Crippen LogP contribution in [0.5, 0.6) is 0 Å². The topological polar surface area (TPSA) is 131 Å². The van der Waals surface area contributed by atoms with Crippen molar-refractivity contribution in [2.45, 2.75) is 38.8 Å². The van der Waals surface area contributed by atoms with Gasteiger partial charge >= 0.3 is 6.09 Å². The number of rotatable bonds is 2. The average Bonchev–Trinajstić information content (AvgIpc) is 2.50. The minimum atomic E-state index is -3.90. The van der Waals surface area contributed by atoms with E-state index < -0.39 is 37.9 Å². The smallest absolute Gasteiger partial charge is 0.414 e. The molecule has 1 aliphatic heterocycles. The summed E-state index contributed by atoms with van der Waals surface area (Å²) in [5, 5.41) is 13.5. The Labute approximate surface area is 167 Å². The fraction of sp³-hybridized carbons (Fsp3) is 0.500. The number of nitrogens with zero attached hydrogens (tertiary/aromatic N) is 3. The fourth-order valence-electron chi connectivity index (χ4n) is 2.60. The molecule has 0 radical (unpaired) electrons. The number of ether oxygens (including phenoxy) is 1. The third kappa shape index (κ3) is 4.71. The second-order valence-electron chi connectivity index (χ2n) is 7.48. The van der Waals surface area contributed by atoms with Crippen molar-refractivity contribution in [1.82, 2.24) is 9.62 Å². The molecule has 0 aliphatic carbocycles. The number of carbonyl (C=O) groups excluding carboxylic acids is 1. The molecular weight excluding hydrogens is 412 g/mol. The molecule has 1 N–H and O–H groups in total. The van der Waals surface area contributed by atoms with Gasteiger partial charge in [-0.15, -0.1) is 0 Å². The molecule has 0 unspecified atom stereocenters. The number of carbonyl (C=O) groups is 1. The second kappa shape index (κ2) is 7.21. The monoisotopic (exact) mass is 432 g/mol. The molecular formula is C16H21ClN4O6S. The number of sulfonamides is 1. The van der Waals surface area contributed by atoms with Crippen molar-refractivity contribution in [3.8, 4) is 0 Å². The number of benzene rings is 1. The Kier molecular flexibility index (Phi) is 5.64. The molecule has 0 saturated carbocycles. The summed E-state index contributed by atoms with van der Waals surface area (Å²) < 4.78 is 31.3. The zero-order valence-corrected chi connectivity index (χ0v) is 17.6. The van der Waals surface area contributed by atoms with Crippen molar-refractivity contribution >= 4 is 39.4 Å². The summed E-state index contributed by atoms with van der Waals surface area (Å²) in [5.41, 5.74) is -2.36. The molecule has 0 saturated heterocycles. The van der Waals surface area contributed by atoms with E-state index in [1.54, 1.807) is 20.8 Å². The molecule has 2 rings (SSSR count). The van der Waals surface area contributed by atoms with E-state index in [0.717, 1.165) is 4.31 Å². The Balaban J connectivity index is 2.54. The summed E-state index contributed by atoms with van der Waals surface area (Å²) in [4.78, 5) is 26.9. The van der Waals surface area contributed by atoms with Crippen molar-refractivity contribution < 1.29 is 22.9 Å². The molecule has 1 amide bonds. The Hall–Kier alpha value is -2.40. The Bertz CT molecular complexity index is 956. The summed E-state index contributed by atoms with van der Waals surface area (Å²) in [7, 11) is -2.67. The minimum Gasteiger partial charge on any atom is -0.444 e. The Morgan fingerprint density at radius 3 is 2.57 bits per heavy atom. The SMILES string of the molecule is CN1C(NC(=O)OC(C)(C)C)=N[C@](C)(c2cc([N+](=O)[O-])ccc2Cl)CS1(=O)=O. The lowest BCUT2D eigenvalue weighted by Gasteiger charge is -2.36. The molecule has 28 heavy (non-hydrogen) atoms. The van der Waals surface area contributed by atoms with Crippen LogP contribution >= 0.6 is 11.6 Å². The molecule has 0 aromatic heterocycles. The van der Waals surface area contributed by atoms with Crippen molar-refractivity contribution in [1.29, 1.82) is 0 Å². The number of nitro groups is 1. The van der Waals surface area contributed by atoms with Gasteiger partial charge in [-0.1, -0.05) is 11.6 Å². The van der Waals surface area contributed by atoms with Gasteiger partial charge in [0.15, 0.2) is 0 Å². The maximum absolute atomic E-state index is 12.7. The van der Waals surface area contributed by atoms with Crippen molar-refractivity contribution in [3.05, 3.63) is 38.9 Å². The number of hydrogen-bond acceptors (Lipinski definition) is 7. The summed E-state index contributed by atoms with van der Waals surface area (Å²) in [6.07, 6.45) is -0.886. The van der Waals surface area contributed by atoms with E-state index in [4.69, 9.17) is 16.3 Å². The molecule has 1 heterocycles. The van der Waals surface area contributed by atoms with Crippen LogP contribution < -0.4 is 5.32 Å². The highest BCUT2D eigenvalue weighted by molar-refractivity contribution is 7.89. The van der Waals surface area contributed by atoms with Gasteiger partial charge in [-0.05, 0) is 33.8 Å². The van der Waals surface area contributed by atoms with E-state index in [1.807, 2.05) is 0 Å². The molecule has 10 nitrogen and oxygen atoms in total. The average molecular weight is 433 g/mol. The van der Waals surface area contributed by atoms with Gasteiger partial charge in [-0.3, -0.25) is 15.4 Å². The molecule has 12 heteroatoms. The van der Waals surface area contributed by atoms with Crippen molar-refractivity contribution in [2.24, 2.45) is 4.99 Å². The van der Waals surface area contributed by atoms with Gasteiger partial charge < -0.3 is 4.74 Å². The zero-order valence-electron chi connectivity index (χ0n) is 16.0. The molecule has 1 atom stereocenters. The third-order valence-electron chi connectivity index (χ3n) is 3.89. The number of halogens is 1. The van der Waals surface area contributed by atoms with Gasteiger partial charge in [-0.2, -0.15) is 0 Å². The van der Waals surface area contributed by atoms with Crippen LogP contribution in [0, 0.1) is 10.1 Å². The Morgan fingerprint density at radius 2 is 2.04 bits per heavy atom.